The van der Waals surface area contributed by atoms with Gasteiger partial charge in [0.05, 0.1) is 5.51 Å². The second-order valence-corrected chi connectivity index (χ2v) is 8.66. The van der Waals surface area contributed by atoms with Crippen LogP contribution in [-0.2, 0) is 6.54 Å². The SMILES string of the molecule is CC1(C)C[C@@H]2CN(Cc3cncs3)CC[C@@H]2N1c1cccc(F)c1. The van der Waals surface area contributed by atoms with Gasteiger partial charge in [-0.05, 0) is 50.8 Å². The van der Waals surface area contributed by atoms with Crippen molar-refractivity contribution in [3.05, 3.63) is 46.7 Å². The van der Waals surface area contributed by atoms with Crippen LogP contribution in [0.1, 0.15) is 31.6 Å². The van der Waals surface area contributed by atoms with Gasteiger partial charge >= 0.3 is 0 Å². The quantitative estimate of drug-likeness (QED) is 0.833. The van der Waals surface area contributed by atoms with Crippen molar-refractivity contribution in [1.82, 2.24) is 9.88 Å². The highest BCUT2D eigenvalue weighted by Gasteiger charge is 2.48. The van der Waals surface area contributed by atoms with Crippen molar-refractivity contribution in [3.63, 3.8) is 0 Å². The minimum atomic E-state index is -0.144. The third kappa shape index (κ3) is 2.95. The molecule has 1 aromatic carbocycles. The van der Waals surface area contributed by atoms with Crippen LogP contribution >= 0.6 is 11.3 Å². The van der Waals surface area contributed by atoms with Crippen LogP contribution in [0.15, 0.2) is 36.0 Å². The number of nitrogens with zero attached hydrogens (tertiary/aromatic N) is 3. The summed E-state index contributed by atoms with van der Waals surface area (Å²) in [7, 11) is 0. The van der Waals surface area contributed by atoms with Crippen LogP contribution in [0.3, 0.4) is 0 Å². The first kappa shape index (κ1) is 16.0. The lowest BCUT2D eigenvalue weighted by Crippen LogP contribution is -2.48. The number of benzene rings is 1. The summed E-state index contributed by atoms with van der Waals surface area (Å²) in [5.74, 6) is 0.499. The van der Waals surface area contributed by atoms with Crippen LogP contribution < -0.4 is 4.90 Å². The summed E-state index contributed by atoms with van der Waals surface area (Å²) >= 11 is 1.74. The third-order valence-corrected chi connectivity index (χ3v) is 6.24. The van der Waals surface area contributed by atoms with Crippen LogP contribution in [0.2, 0.25) is 0 Å². The van der Waals surface area contributed by atoms with Gasteiger partial charge in [0.1, 0.15) is 5.82 Å². The number of anilines is 1. The number of aromatic nitrogens is 1. The van der Waals surface area contributed by atoms with Crippen LogP contribution in [-0.4, -0.2) is 34.6 Å². The Bertz CT molecular complexity index is 700. The van der Waals surface area contributed by atoms with Crippen molar-refractivity contribution in [2.75, 3.05) is 18.0 Å². The number of hydrogen-bond acceptors (Lipinski definition) is 4. The molecule has 4 rings (SSSR count). The van der Waals surface area contributed by atoms with Gasteiger partial charge in [0, 0.05) is 48.0 Å². The van der Waals surface area contributed by atoms with Crippen LogP contribution in [0.25, 0.3) is 0 Å². The molecule has 2 aliphatic heterocycles. The number of fused-ring (bicyclic) bond motifs is 1. The van der Waals surface area contributed by atoms with E-state index in [1.54, 1.807) is 17.4 Å². The van der Waals surface area contributed by atoms with E-state index in [4.69, 9.17) is 0 Å². The molecule has 2 aliphatic rings. The maximum absolute atomic E-state index is 13.7. The summed E-state index contributed by atoms with van der Waals surface area (Å²) in [6.45, 7) is 7.82. The third-order valence-electron chi connectivity index (χ3n) is 5.47. The fourth-order valence-electron chi connectivity index (χ4n) is 4.68. The van der Waals surface area contributed by atoms with Crippen LogP contribution in [0.4, 0.5) is 10.1 Å². The van der Waals surface area contributed by atoms with Crippen LogP contribution in [0.5, 0.6) is 0 Å². The standard InChI is InChI=1S/C19H24FN3S/c1-19(2)9-14-11-22(12-17-10-21-13-24-17)7-6-18(14)23(19)16-5-3-4-15(20)8-16/h3-5,8,10,13-14,18H,6-7,9,11-12H2,1-2H3/t14-,18+/m1/s1. The zero-order valence-electron chi connectivity index (χ0n) is 14.3. The number of halogens is 1. The average Bonchev–Trinajstić information content (AvgIpc) is 3.11. The Hall–Kier alpha value is -1.46. The topological polar surface area (TPSA) is 19.4 Å². The number of piperidine rings is 1. The second kappa shape index (κ2) is 6.12. The largest absolute Gasteiger partial charge is 0.363 e. The lowest BCUT2D eigenvalue weighted by Gasteiger charge is -2.41. The predicted molar refractivity (Wildman–Crippen MR) is 96.9 cm³/mol. The maximum Gasteiger partial charge on any atom is 0.125 e. The average molecular weight is 345 g/mol. The van der Waals surface area contributed by atoms with E-state index in [9.17, 15) is 4.39 Å². The molecule has 0 aliphatic carbocycles. The highest BCUT2D eigenvalue weighted by molar-refractivity contribution is 7.09. The molecule has 3 nitrogen and oxygen atoms in total. The van der Waals surface area contributed by atoms with E-state index in [1.807, 2.05) is 17.8 Å². The number of rotatable bonds is 3. The lowest BCUT2D eigenvalue weighted by atomic mass is 9.90. The molecule has 128 valence electrons. The molecule has 0 amide bonds. The van der Waals surface area contributed by atoms with Gasteiger partial charge in [0.2, 0.25) is 0 Å². The molecule has 0 N–H and O–H groups in total. The molecule has 3 heterocycles. The van der Waals surface area contributed by atoms with Gasteiger partial charge in [-0.3, -0.25) is 9.88 Å². The Labute approximate surface area is 147 Å². The zero-order chi connectivity index (χ0) is 16.7. The molecule has 0 saturated carbocycles. The fourth-order valence-corrected chi connectivity index (χ4v) is 5.31. The second-order valence-electron chi connectivity index (χ2n) is 7.69. The molecule has 0 radical (unpaired) electrons. The van der Waals surface area contributed by atoms with E-state index in [1.165, 1.54) is 10.9 Å². The van der Waals surface area contributed by atoms with Gasteiger partial charge in [0.15, 0.2) is 0 Å². The molecule has 2 fully saturated rings. The van der Waals surface area contributed by atoms with Gasteiger partial charge in [-0.1, -0.05) is 6.07 Å². The van der Waals surface area contributed by atoms with Gasteiger partial charge < -0.3 is 4.90 Å². The molecule has 1 aromatic heterocycles. The summed E-state index contributed by atoms with van der Waals surface area (Å²) in [6.07, 6.45) is 4.28. The normalized spacial score (nSPS) is 26.5. The number of thiazole rings is 1. The van der Waals surface area contributed by atoms with E-state index in [0.717, 1.165) is 38.2 Å². The van der Waals surface area contributed by atoms with Crippen molar-refractivity contribution in [1.29, 1.82) is 0 Å². The fraction of sp³-hybridized carbons (Fsp3) is 0.526. The molecular weight excluding hydrogens is 321 g/mol. The van der Waals surface area contributed by atoms with Crippen molar-refractivity contribution in [2.45, 2.75) is 44.8 Å². The number of hydrogen-bond donors (Lipinski definition) is 0. The van der Waals surface area contributed by atoms with Crippen molar-refractivity contribution in [2.24, 2.45) is 5.92 Å². The molecular formula is C19H24FN3S. The lowest BCUT2D eigenvalue weighted by molar-refractivity contribution is 0.162. The first-order valence-corrected chi connectivity index (χ1v) is 9.55. The van der Waals surface area contributed by atoms with Crippen molar-refractivity contribution >= 4 is 17.0 Å². The van der Waals surface area contributed by atoms with Gasteiger partial charge in [-0.2, -0.15) is 0 Å². The highest BCUT2D eigenvalue weighted by atomic mass is 32.1. The number of likely N-dealkylation sites (tertiary alicyclic amines) is 1. The van der Waals surface area contributed by atoms with Gasteiger partial charge in [0.25, 0.3) is 0 Å². The monoisotopic (exact) mass is 345 g/mol. The predicted octanol–water partition coefficient (Wildman–Crippen LogP) is 4.16. The smallest absolute Gasteiger partial charge is 0.125 e. The first-order valence-electron chi connectivity index (χ1n) is 8.67. The first-order chi connectivity index (χ1) is 11.5. The maximum atomic E-state index is 13.7. The van der Waals surface area contributed by atoms with Crippen molar-refractivity contribution in [3.8, 4) is 0 Å². The van der Waals surface area contributed by atoms with Crippen LogP contribution in [0, 0.1) is 11.7 Å². The Morgan fingerprint density at radius 1 is 1.38 bits per heavy atom. The molecule has 2 atom stereocenters. The minimum absolute atomic E-state index is 0.0730. The Kier molecular flexibility index (Phi) is 4.09. The molecule has 0 spiro atoms. The van der Waals surface area contributed by atoms with Gasteiger partial charge in [-0.15, -0.1) is 11.3 Å². The molecule has 2 aromatic rings. The van der Waals surface area contributed by atoms with E-state index in [2.05, 4.69) is 34.7 Å². The van der Waals surface area contributed by atoms with E-state index in [-0.39, 0.29) is 11.4 Å². The molecule has 5 heteroatoms. The summed E-state index contributed by atoms with van der Waals surface area (Å²) in [4.78, 5) is 10.6. The molecule has 2 saturated heterocycles. The Morgan fingerprint density at radius 2 is 2.25 bits per heavy atom. The Morgan fingerprint density at radius 3 is 3.00 bits per heavy atom. The summed E-state index contributed by atoms with van der Waals surface area (Å²) in [5, 5.41) is 0. The Balaban J connectivity index is 1.53. The minimum Gasteiger partial charge on any atom is -0.363 e. The van der Waals surface area contributed by atoms with E-state index in [0.29, 0.717) is 12.0 Å². The molecule has 0 unspecified atom stereocenters. The summed E-state index contributed by atoms with van der Waals surface area (Å²) in [6, 6.07) is 7.61. The molecule has 0 bridgehead atoms. The van der Waals surface area contributed by atoms with Gasteiger partial charge in [-0.25, -0.2) is 4.39 Å². The summed E-state index contributed by atoms with van der Waals surface area (Å²) in [5.41, 5.74) is 3.01. The van der Waals surface area contributed by atoms with E-state index < -0.39 is 0 Å². The molecule has 24 heavy (non-hydrogen) atoms. The van der Waals surface area contributed by atoms with Crippen molar-refractivity contribution < 1.29 is 4.39 Å². The highest BCUT2D eigenvalue weighted by Crippen LogP contribution is 2.44. The zero-order valence-corrected chi connectivity index (χ0v) is 15.1. The summed E-state index contributed by atoms with van der Waals surface area (Å²) < 4.78 is 13.7. The van der Waals surface area contributed by atoms with E-state index >= 15 is 0 Å².